The second-order valence-corrected chi connectivity index (χ2v) is 24.2. The first-order valence-corrected chi connectivity index (χ1v) is 26.7. The molecule has 3 aliphatic rings. The highest BCUT2D eigenvalue weighted by Gasteiger charge is 2.41. The van der Waals surface area contributed by atoms with Gasteiger partial charge in [-0.25, -0.2) is 9.59 Å². The summed E-state index contributed by atoms with van der Waals surface area (Å²) in [5, 5.41) is 12.8. The van der Waals surface area contributed by atoms with Crippen molar-refractivity contribution in [1.29, 1.82) is 0 Å². The molecule has 356 valence electrons. The Hall–Kier alpha value is -5.90. The zero-order valence-corrected chi connectivity index (χ0v) is 41.0. The van der Waals surface area contributed by atoms with Crippen LogP contribution in [0.3, 0.4) is 0 Å². The number of nitrogens with zero attached hydrogens (tertiary/aromatic N) is 3. The quantitative estimate of drug-likeness (QED) is 0.114. The Bertz CT molecular complexity index is 2080. The fourth-order valence-corrected chi connectivity index (χ4v) is 11.0. The molecule has 0 saturated carbocycles. The van der Waals surface area contributed by atoms with Crippen LogP contribution in [0.15, 0.2) is 72.8 Å². The molecule has 0 aliphatic carbocycles. The van der Waals surface area contributed by atoms with Gasteiger partial charge >= 0.3 is 12.2 Å². The van der Waals surface area contributed by atoms with Crippen molar-refractivity contribution in [2.45, 2.75) is 129 Å². The molecule has 3 heterocycles. The van der Waals surface area contributed by atoms with Gasteiger partial charge in [-0.3, -0.25) is 19.2 Å². The molecule has 0 unspecified atom stereocenters. The average molecular weight is 924 g/mol. The summed E-state index contributed by atoms with van der Waals surface area (Å²) in [6.45, 7) is 15.3. The van der Waals surface area contributed by atoms with E-state index in [2.05, 4.69) is 94.7 Å². The molecule has 0 bridgehead atoms. The monoisotopic (exact) mass is 923 g/mol. The number of alkyl carbamates (subject to hydrolysis) is 2. The van der Waals surface area contributed by atoms with Crippen molar-refractivity contribution in [3.8, 4) is 0 Å². The Morgan fingerprint density at radius 3 is 1.35 bits per heavy atom. The first kappa shape index (κ1) is 49.5. The molecule has 3 aromatic rings. The number of amides is 6. The molecule has 6 atom stereocenters. The van der Waals surface area contributed by atoms with Gasteiger partial charge in [0, 0.05) is 30.2 Å². The van der Waals surface area contributed by atoms with Crippen molar-refractivity contribution >= 4 is 66.1 Å². The molecule has 3 aliphatic heterocycles. The Morgan fingerprint density at radius 2 is 1.00 bits per heavy atom. The molecule has 66 heavy (non-hydrogen) atoms. The lowest BCUT2D eigenvalue weighted by atomic mass is 10.0. The minimum Gasteiger partial charge on any atom is -0.453 e. The van der Waals surface area contributed by atoms with E-state index in [-0.39, 0.29) is 47.5 Å². The summed E-state index contributed by atoms with van der Waals surface area (Å²) in [6, 6.07) is 23.3. The predicted octanol–water partition coefficient (Wildman–Crippen LogP) is 7.32. The topological polar surface area (TPSA) is 179 Å². The van der Waals surface area contributed by atoms with Crippen LogP contribution >= 0.6 is 0 Å². The Balaban J connectivity index is 1.18. The SMILES string of the molecule is CC[Si](C)(C)c1ccc(N2[C@H](c3ccc(NC(=O)[C@@H]4CCCN4C(=O)[C@@H](NC(=O)OC)C(C)C)cc3)CC[C@H]2c2ccc(NC(=O)[C@@H]3CCCN3C(=O)[C@@H](NC(=O)OC)C(C)C)cc2)cc1. The first-order valence-electron chi connectivity index (χ1n) is 23.5. The predicted molar refractivity (Wildman–Crippen MR) is 259 cm³/mol. The lowest BCUT2D eigenvalue weighted by Crippen LogP contribution is -2.54. The van der Waals surface area contributed by atoms with Crippen molar-refractivity contribution in [2.75, 3.05) is 42.8 Å². The van der Waals surface area contributed by atoms with E-state index in [4.69, 9.17) is 9.47 Å². The van der Waals surface area contributed by atoms with Gasteiger partial charge in [-0.15, -0.1) is 0 Å². The third kappa shape index (κ3) is 11.2. The van der Waals surface area contributed by atoms with Crippen molar-refractivity contribution in [3.05, 3.63) is 83.9 Å². The summed E-state index contributed by atoms with van der Waals surface area (Å²) in [6.07, 6.45) is 2.80. The van der Waals surface area contributed by atoms with E-state index in [1.54, 1.807) is 9.80 Å². The standard InChI is InChI=1S/C50H69N7O8Si/c1-10-66(8,9)38-25-23-37(24-26-38)57-39(33-15-19-35(20-16-33)51-45(58)41-13-11-29-55(41)47(60)43(31(2)3)53-49(62)64-6)27-28-40(57)34-17-21-36(22-18-34)52-46(59)42-14-12-30-56(42)48(61)44(32(4)5)54-50(63)65-7/h15-26,31-32,39-44H,10-14,27-30H2,1-9H3,(H,51,58)(H,52,59)(H,53,62)(H,54,63)/t39-,40-,41-,42-,43-,44-/m0/s1. The van der Waals surface area contributed by atoms with E-state index in [0.717, 1.165) is 35.7 Å². The van der Waals surface area contributed by atoms with Crippen molar-refractivity contribution in [3.63, 3.8) is 0 Å². The van der Waals surface area contributed by atoms with Crippen LogP contribution in [0.1, 0.15) is 96.4 Å². The van der Waals surface area contributed by atoms with Gasteiger partial charge in [0.15, 0.2) is 0 Å². The maximum Gasteiger partial charge on any atom is 0.407 e. The molecule has 3 saturated heterocycles. The van der Waals surface area contributed by atoms with Gasteiger partial charge in [0.05, 0.1) is 34.4 Å². The van der Waals surface area contributed by atoms with Gasteiger partial charge in [-0.05, 0) is 97.9 Å². The molecule has 0 radical (unpaired) electrons. The minimum absolute atomic E-state index is 0.0360. The highest BCUT2D eigenvalue weighted by Crippen LogP contribution is 2.47. The number of hydrogen-bond acceptors (Lipinski definition) is 9. The molecule has 6 rings (SSSR count). The lowest BCUT2D eigenvalue weighted by Gasteiger charge is -2.34. The Labute approximate surface area is 390 Å². The summed E-state index contributed by atoms with van der Waals surface area (Å²) in [5.41, 5.74) is 4.59. The largest absolute Gasteiger partial charge is 0.453 e. The second-order valence-electron chi connectivity index (χ2n) is 19.1. The van der Waals surface area contributed by atoms with E-state index >= 15 is 0 Å². The molecule has 0 aromatic heterocycles. The number of carbonyl (C=O) groups is 6. The van der Waals surface area contributed by atoms with E-state index in [0.29, 0.717) is 50.1 Å². The summed E-state index contributed by atoms with van der Waals surface area (Å²) in [7, 11) is 0.936. The molecule has 0 spiro atoms. The van der Waals surface area contributed by atoms with Crippen molar-refractivity contribution < 1.29 is 38.2 Å². The molecule has 16 heteroatoms. The van der Waals surface area contributed by atoms with Crippen LogP contribution in [-0.4, -0.2) is 105 Å². The molecular weight excluding hydrogens is 855 g/mol. The number of carbonyl (C=O) groups excluding carboxylic acids is 6. The van der Waals surface area contributed by atoms with E-state index in [1.165, 1.54) is 19.4 Å². The van der Waals surface area contributed by atoms with Crippen LogP contribution in [0.2, 0.25) is 19.1 Å². The van der Waals surface area contributed by atoms with E-state index < -0.39 is 44.4 Å². The number of ether oxygens (including phenoxy) is 2. The van der Waals surface area contributed by atoms with Gasteiger partial charge < -0.3 is 45.4 Å². The van der Waals surface area contributed by atoms with Gasteiger partial charge in [-0.2, -0.15) is 0 Å². The lowest BCUT2D eigenvalue weighted by molar-refractivity contribution is -0.139. The highest BCUT2D eigenvalue weighted by atomic mass is 28.3. The van der Waals surface area contributed by atoms with Gasteiger partial charge in [0.25, 0.3) is 0 Å². The number of hydrogen-bond donors (Lipinski definition) is 4. The highest BCUT2D eigenvalue weighted by molar-refractivity contribution is 6.89. The number of benzene rings is 3. The molecule has 6 amide bonds. The van der Waals surface area contributed by atoms with Gasteiger partial charge in [-0.1, -0.05) is 95.3 Å². The summed E-state index contributed by atoms with van der Waals surface area (Å²) < 4.78 is 9.50. The van der Waals surface area contributed by atoms with Crippen molar-refractivity contribution in [1.82, 2.24) is 20.4 Å². The first-order chi connectivity index (χ1) is 31.5. The minimum atomic E-state index is -1.57. The third-order valence-corrected chi connectivity index (χ3v) is 17.5. The fraction of sp³-hybridized carbons (Fsp3) is 0.520. The van der Waals surface area contributed by atoms with Crippen LogP contribution in [0.4, 0.5) is 26.7 Å². The number of nitrogens with one attached hydrogen (secondary N) is 4. The zero-order chi connectivity index (χ0) is 47.9. The second kappa shape index (κ2) is 21.6. The molecule has 3 aromatic carbocycles. The van der Waals surface area contributed by atoms with Crippen LogP contribution < -0.4 is 31.4 Å². The summed E-state index contributed by atoms with van der Waals surface area (Å²) in [4.78, 5) is 84.3. The normalized spacial score (nSPS) is 20.5. The Kier molecular flexibility index (Phi) is 16.2. The van der Waals surface area contributed by atoms with Crippen molar-refractivity contribution in [2.24, 2.45) is 11.8 Å². The fourth-order valence-electron chi connectivity index (χ4n) is 9.51. The average Bonchev–Trinajstić information content (AvgIpc) is 4.11. The molecule has 3 fully saturated rings. The number of rotatable bonds is 15. The maximum absolute atomic E-state index is 13.7. The summed E-state index contributed by atoms with van der Waals surface area (Å²) >= 11 is 0. The van der Waals surface area contributed by atoms with E-state index in [9.17, 15) is 28.8 Å². The maximum atomic E-state index is 13.7. The van der Waals surface area contributed by atoms with Gasteiger partial charge in [0.1, 0.15) is 24.2 Å². The number of anilines is 3. The molecular formula is C50H69N7O8Si. The van der Waals surface area contributed by atoms with Crippen LogP contribution in [0.5, 0.6) is 0 Å². The van der Waals surface area contributed by atoms with Gasteiger partial charge in [0.2, 0.25) is 23.6 Å². The molecule has 4 N–H and O–H groups in total. The molecule has 15 nitrogen and oxygen atoms in total. The number of likely N-dealkylation sites (tertiary alicyclic amines) is 2. The Morgan fingerprint density at radius 1 is 0.606 bits per heavy atom. The van der Waals surface area contributed by atoms with Crippen LogP contribution in [0, 0.1) is 11.8 Å². The van der Waals surface area contributed by atoms with Crippen LogP contribution in [-0.2, 0) is 28.7 Å². The smallest absolute Gasteiger partial charge is 0.407 e. The summed E-state index contributed by atoms with van der Waals surface area (Å²) in [5.74, 6) is -1.54. The number of methoxy groups -OCH3 is 2. The zero-order valence-electron chi connectivity index (χ0n) is 40.0. The van der Waals surface area contributed by atoms with Crippen LogP contribution in [0.25, 0.3) is 0 Å². The van der Waals surface area contributed by atoms with E-state index in [1.807, 2.05) is 52.0 Å². The third-order valence-electron chi connectivity index (χ3n) is 13.8.